The first-order chi connectivity index (χ1) is 11.2. The van der Waals surface area contributed by atoms with Gasteiger partial charge in [0, 0.05) is 32.2 Å². The minimum absolute atomic E-state index is 0.0660. The molecule has 0 unspecified atom stereocenters. The average Bonchev–Trinajstić information content (AvgIpc) is 2.55. The number of carbonyl (C=O) groups excluding carboxylic acids is 1. The molecule has 1 aromatic heterocycles. The van der Waals surface area contributed by atoms with E-state index in [9.17, 15) is 18.0 Å². The zero-order chi connectivity index (χ0) is 17.9. The number of sulfonamides is 1. The monoisotopic (exact) mass is 350 g/mol. The van der Waals surface area contributed by atoms with E-state index in [4.69, 9.17) is 5.11 Å². The van der Waals surface area contributed by atoms with Gasteiger partial charge in [-0.3, -0.25) is 4.79 Å². The summed E-state index contributed by atoms with van der Waals surface area (Å²) in [4.78, 5) is 30.6. The third-order valence-electron chi connectivity index (χ3n) is 3.01. The molecule has 0 aliphatic rings. The van der Waals surface area contributed by atoms with Gasteiger partial charge in [0.25, 0.3) is 5.91 Å². The SMILES string of the molecule is CN(C)S(=O)(=O)c1ccc(NC(=O)c2nccnc2C(=O)O)cc1. The second kappa shape index (κ2) is 6.72. The van der Waals surface area contributed by atoms with Gasteiger partial charge in [0.05, 0.1) is 4.90 Å². The van der Waals surface area contributed by atoms with Crippen molar-refractivity contribution in [2.24, 2.45) is 0 Å². The van der Waals surface area contributed by atoms with Gasteiger partial charge < -0.3 is 10.4 Å². The topological polar surface area (TPSA) is 130 Å². The first-order valence-electron chi connectivity index (χ1n) is 6.61. The third kappa shape index (κ3) is 3.55. The Balaban J connectivity index is 2.24. The lowest BCUT2D eigenvalue weighted by Gasteiger charge is -2.12. The number of nitrogens with one attached hydrogen (secondary N) is 1. The first kappa shape index (κ1) is 17.5. The number of amides is 1. The molecule has 0 spiro atoms. The summed E-state index contributed by atoms with van der Waals surface area (Å²) < 4.78 is 25.0. The molecule has 2 N–H and O–H groups in total. The number of aromatic carboxylic acids is 1. The van der Waals surface area contributed by atoms with Crippen LogP contribution < -0.4 is 5.32 Å². The minimum atomic E-state index is -3.57. The summed E-state index contributed by atoms with van der Waals surface area (Å²) in [6.45, 7) is 0. The minimum Gasteiger partial charge on any atom is -0.476 e. The first-order valence-corrected chi connectivity index (χ1v) is 8.05. The Morgan fingerprint density at radius 2 is 1.58 bits per heavy atom. The van der Waals surface area contributed by atoms with E-state index in [1.807, 2.05) is 0 Å². The molecular formula is C14H14N4O5S. The Kier molecular flexibility index (Phi) is 4.90. The number of carbonyl (C=O) groups is 2. The van der Waals surface area contributed by atoms with E-state index in [1.54, 1.807) is 0 Å². The summed E-state index contributed by atoms with van der Waals surface area (Å²) in [5, 5.41) is 11.5. The van der Waals surface area contributed by atoms with Gasteiger partial charge in [0.1, 0.15) is 0 Å². The summed E-state index contributed by atoms with van der Waals surface area (Å²) in [5.74, 6) is -2.13. The Morgan fingerprint density at radius 3 is 2.08 bits per heavy atom. The van der Waals surface area contributed by atoms with Gasteiger partial charge in [-0.2, -0.15) is 0 Å². The average molecular weight is 350 g/mol. The Hall–Kier alpha value is -2.85. The van der Waals surface area contributed by atoms with E-state index >= 15 is 0 Å². The van der Waals surface area contributed by atoms with E-state index in [0.29, 0.717) is 5.69 Å². The molecule has 9 nitrogen and oxygen atoms in total. The van der Waals surface area contributed by atoms with Gasteiger partial charge in [-0.1, -0.05) is 0 Å². The maximum Gasteiger partial charge on any atom is 0.356 e. The molecule has 0 aliphatic heterocycles. The van der Waals surface area contributed by atoms with E-state index in [0.717, 1.165) is 4.31 Å². The molecule has 24 heavy (non-hydrogen) atoms. The number of hydrogen-bond donors (Lipinski definition) is 2. The van der Waals surface area contributed by atoms with Crippen LogP contribution in [0.1, 0.15) is 21.0 Å². The number of rotatable bonds is 5. The standard InChI is InChI=1S/C14H14N4O5S/c1-18(2)24(22,23)10-5-3-9(4-6-10)17-13(19)11-12(14(20)21)16-8-7-15-11/h3-8H,1-2H3,(H,17,19)(H,20,21). The molecule has 0 radical (unpaired) electrons. The molecule has 2 aromatic rings. The third-order valence-corrected chi connectivity index (χ3v) is 4.84. The highest BCUT2D eigenvalue weighted by atomic mass is 32.2. The number of benzene rings is 1. The molecule has 2 rings (SSSR count). The van der Waals surface area contributed by atoms with Crippen molar-refractivity contribution < 1.29 is 23.1 Å². The van der Waals surface area contributed by atoms with Crippen LogP contribution in [0.25, 0.3) is 0 Å². The number of carboxylic acids is 1. The lowest BCUT2D eigenvalue weighted by molar-refractivity contribution is 0.0685. The fraction of sp³-hybridized carbons (Fsp3) is 0.143. The maximum absolute atomic E-state index is 12.1. The highest BCUT2D eigenvalue weighted by Gasteiger charge is 2.20. The quantitative estimate of drug-likeness (QED) is 0.811. The lowest BCUT2D eigenvalue weighted by Crippen LogP contribution is -2.22. The molecule has 0 saturated carbocycles. The largest absolute Gasteiger partial charge is 0.476 e. The van der Waals surface area contributed by atoms with Gasteiger partial charge >= 0.3 is 5.97 Å². The predicted molar refractivity (Wildman–Crippen MR) is 84.3 cm³/mol. The van der Waals surface area contributed by atoms with Gasteiger partial charge in [-0.05, 0) is 24.3 Å². The van der Waals surface area contributed by atoms with Crippen molar-refractivity contribution >= 4 is 27.6 Å². The second-order valence-electron chi connectivity index (χ2n) is 4.82. The van der Waals surface area contributed by atoms with Gasteiger partial charge in [0.15, 0.2) is 11.4 Å². The summed E-state index contributed by atoms with van der Waals surface area (Å²) in [7, 11) is -0.753. The number of nitrogens with zero attached hydrogens (tertiary/aromatic N) is 3. The Bertz CT molecular complexity index is 878. The van der Waals surface area contributed by atoms with Gasteiger partial charge in [-0.25, -0.2) is 27.5 Å². The van der Waals surface area contributed by atoms with Crippen molar-refractivity contribution in [1.82, 2.24) is 14.3 Å². The Labute approximate surface area is 138 Å². The van der Waals surface area contributed by atoms with Crippen LogP contribution in [0.2, 0.25) is 0 Å². The molecule has 0 bridgehead atoms. The zero-order valence-corrected chi connectivity index (χ0v) is 13.6. The number of anilines is 1. The molecule has 126 valence electrons. The molecular weight excluding hydrogens is 336 g/mol. The van der Waals surface area contributed by atoms with Crippen molar-refractivity contribution in [2.75, 3.05) is 19.4 Å². The van der Waals surface area contributed by atoms with Crippen LogP contribution in [0.15, 0.2) is 41.6 Å². The Morgan fingerprint density at radius 1 is 1.04 bits per heavy atom. The van der Waals surface area contributed by atoms with E-state index in [2.05, 4.69) is 15.3 Å². The smallest absolute Gasteiger partial charge is 0.356 e. The lowest BCUT2D eigenvalue weighted by atomic mass is 10.2. The normalized spacial score (nSPS) is 11.3. The fourth-order valence-electron chi connectivity index (χ4n) is 1.77. The van der Waals surface area contributed by atoms with Crippen LogP contribution in [-0.4, -0.2) is 53.8 Å². The summed E-state index contributed by atoms with van der Waals surface area (Å²) in [6.07, 6.45) is 2.37. The molecule has 1 aromatic carbocycles. The van der Waals surface area contributed by atoms with Crippen LogP contribution in [0.5, 0.6) is 0 Å². The van der Waals surface area contributed by atoms with Crippen molar-refractivity contribution in [2.45, 2.75) is 4.90 Å². The zero-order valence-electron chi connectivity index (χ0n) is 12.8. The van der Waals surface area contributed by atoms with Gasteiger partial charge in [-0.15, -0.1) is 0 Å². The number of carboxylic acid groups (broad SMARTS) is 1. The maximum atomic E-state index is 12.1. The molecule has 0 aliphatic carbocycles. The molecule has 1 heterocycles. The van der Waals surface area contributed by atoms with Crippen LogP contribution >= 0.6 is 0 Å². The summed E-state index contributed by atoms with van der Waals surface area (Å²) in [5.41, 5.74) is -0.517. The highest BCUT2D eigenvalue weighted by molar-refractivity contribution is 7.89. The summed E-state index contributed by atoms with van der Waals surface area (Å²) >= 11 is 0. The molecule has 10 heteroatoms. The van der Waals surface area contributed by atoms with Crippen LogP contribution in [-0.2, 0) is 10.0 Å². The van der Waals surface area contributed by atoms with Crippen LogP contribution in [0.4, 0.5) is 5.69 Å². The number of aromatic nitrogens is 2. The van der Waals surface area contributed by atoms with Crippen molar-refractivity contribution in [3.05, 3.63) is 48.0 Å². The van der Waals surface area contributed by atoms with E-state index in [-0.39, 0.29) is 10.6 Å². The summed E-state index contributed by atoms with van der Waals surface area (Å²) in [6, 6.07) is 5.45. The highest BCUT2D eigenvalue weighted by Crippen LogP contribution is 2.17. The molecule has 0 atom stereocenters. The predicted octanol–water partition coefficient (Wildman–Crippen LogP) is 0.677. The van der Waals surface area contributed by atoms with Crippen LogP contribution in [0.3, 0.4) is 0 Å². The van der Waals surface area contributed by atoms with Crippen molar-refractivity contribution in [3.63, 3.8) is 0 Å². The molecule has 0 fully saturated rings. The molecule has 1 amide bonds. The number of hydrogen-bond acceptors (Lipinski definition) is 6. The second-order valence-corrected chi connectivity index (χ2v) is 6.98. The van der Waals surface area contributed by atoms with E-state index < -0.39 is 27.6 Å². The van der Waals surface area contributed by atoms with Gasteiger partial charge in [0.2, 0.25) is 10.0 Å². The molecule has 0 saturated heterocycles. The van der Waals surface area contributed by atoms with Crippen molar-refractivity contribution in [1.29, 1.82) is 0 Å². The van der Waals surface area contributed by atoms with E-state index in [1.165, 1.54) is 50.8 Å². The fourth-order valence-corrected chi connectivity index (χ4v) is 2.67. The van der Waals surface area contributed by atoms with Crippen molar-refractivity contribution in [3.8, 4) is 0 Å². The van der Waals surface area contributed by atoms with Crippen LogP contribution in [0, 0.1) is 0 Å².